The van der Waals surface area contributed by atoms with Crippen molar-refractivity contribution in [2.24, 2.45) is 0 Å². The SMILES string of the molecule is CCOC(=O)N1C[C@H]2CC[C@@H]1CC(=O)N2. The summed E-state index contributed by atoms with van der Waals surface area (Å²) in [6.07, 6.45) is 1.98. The minimum atomic E-state index is -0.288. The van der Waals surface area contributed by atoms with E-state index < -0.39 is 0 Å². The van der Waals surface area contributed by atoms with E-state index in [0.717, 1.165) is 12.8 Å². The number of nitrogens with one attached hydrogen (secondary N) is 1. The molecule has 2 atom stereocenters. The number of fused-ring (bicyclic) bond motifs is 4. The Hall–Kier alpha value is -1.26. The van der Waals surface area contributed by atoms with Crippen molar-refractivity contribution in [1.82, 2.24) is 10.2 Å². The number of rotatable bonds is 1. The number of piperidine rings is 1. The van der Waals surface area contributed by atoms with Crippen molar-refractivity contribution in [3.05, 3.63) is 0 Å². The number of carbonyl (C=O) groups is 2. The smallest absolute Gasteiger partial charge is 0.410 e. The third kappa shape index (κ3) is 2.06. The number of hydrogen-bond acceptors (Lipinski definition) is 3. The van der Waals surface area contributed by atoms with E-state index in [1.807, 2.05) is 0 Å². The second-order valence-electron chi connectivity index (χ2n) is 4.05. The zero-order valence-corrected chi connectivity index (χ0v) is 8.86. The molecule has 0 radical (unpaired) electrons. The van der Waals surface area contributed by atoms with Crippen molar-refractivity contribution in [2.45, 2.75) is 38.3 Å². The highest BCUT2D eigenvalue weighted by Gasteiger charge is 2.37. The molecule has 1 N–H and O–H groups in total. The van der Waals surface area contributed by atoms with Crippen LogP contribution in [-0.2, 0) is 9.53 Å². The van der Waals surface area contributed by atoms with E-state index in [0.29, 0.717) is 19.6 Å². The van der Waals surface area contributed by atoms with Gasteiger partial charge >= 0.3 is 6.09 Å². The molecule has 2 amide bonds. The van der Waals surface area contributed by atoms with E-state index >= 15 is 0 Å². The Bertz CT molecular complexity index is 280. The molecule has 0 aromatic heterocycles. The van der Waals surface area contributed by atoms with E-state index in [1.165, 1.54) is 0 Å². The van der Waals surface area contributed by atoms with Gasteiger partial charge in [0.05, 0.1) is 6.61 Å². The Morgan fingerprint density at radius 1 is 1.60 bits per heavy atom. The first-order chi connectivity index (χ1) is 7.20. The summed E-state index contributed by atoms with van der Waals surface area (Å²) in [5.41, 5.74) is 0. The average Bonchev–Trinajstić information content (AvgIpc) is 2.46. The topological polar surface area (TPSA) is 58.6 Å². The van der Waals surface area contributed by atoms with Gasteiger partial charge in [0.2, 0.25) is 5.91 Å². The molecule has 3 saturated heterocycles. The molecule has 3 fully saturated rings. The molecule has 3 rings (SSSR count). The quantitative estimate of drug-likeness (QED) is 0.688. The maximum Gasteiger partial charge on any atom is 0.410 e. The van der Waals surface area contributed by atoms with Gasteiger partial charge in [0.25, 0.3) is 0 Å². The van der Waals surface area contributed by atoms with Gasteiger partial charge in [-0.25, -0.2) is 4.79 Å². The first-order valence-corrected chi connectivity index (χ1v) is 5.43. The molecule has 5 nitrogen and oxygen atoms in total. The summed E-state index contributed by atoms with van der Waals surface area (Å²) in [5.74, 6) is 0.0503. The van der Waals surface area contributed by atoms with Crippen molar-refractivity contribution in [2.75, 3.05) is 13.2 Å². The molecule has 3 aliphatic rings. The van der Waals surface area contributed by atoms with Crippen molar-refractivity contribution >= 4 is 12.0 Å². The number of nitrogens with zero attached hydrogens (tertiary/aromatic N) is 1. The summed E-state index contributed by atoms with van der Waals surface area (Å²) in [6, 6.07) is 0.142. The van der Waals surface area contributed by atoms with Crippen molar-refractivity contribution in [3.63, 3.8) is 0 Å². The predicted octanol–water partition coefficient (Wildman–Crippen LogP) is 0.496. The lowest BCUT2D eigenvalue weighted by atomic mass is 9.99. The van der Waals surface area contributed by atoms with Gasteiger partial charge in [0, 0.05) is 25.0 Å². The van der Waals surface area contributed by atoms with Gasteiger partial charge in [-0.3, -0.25) is 4.79 Å². The highest BCUT2D eigenvalue weighted by atomic mass is 16.6. The molecule has 0 saturated carbocycles. The van der Waals surface area contributed by atoms with Crippen LogP contribution >= 0.6 is 0 Å². The second-order valence-corrected chi connectivity index (χ2v) is 4.05. The summed E-state index contributed by atoms with van der Waals surface area (Å²) in [7, 11) is 0. The predicted molar refractivity (Wildman–Crippen MR) is 53.3 cm³/mol. The first-order valence-electron chi connectivity index (χ1n) is 5.43. The van der Waals surface area contributed by atoms with E-state index in [4.69, 9.17) is 4.74 Å². The van der Waals surface area contributed by atoms with Gasteiger partial charge in [0.15, 0.2) is 0 Å². The van der Waals surface area contributed by atoms with Gasteiger partial charge in [-0.05, 0) is 19.8 Å². The number of carbonyl (C=O) groups excluding carboxylic acids is 2. The summed E-state index contributed by atoms with van der Waals surface area (Å²) < 4.78 is 4.97. The highest BCUT2D eigenvalue weighted by molar-refractivity contribution is 5.79. The first kappa shape index (κ1) is 10.3. The van der Waals surface area contributed by atoms with Gasteiger partial charge in [-0.1, -0.05) is 0 Å². The van der Waals surface area contributed by atoms with Crippen molar-refractivity contribution in [1.29, 1.82) is 0 Å². The van der Waals surface area contributed by atoms with Crippen LogP contribution in [0, 0.1) is 0 Å². The summed E-state index contributed by atoms with van der Waals surface area (Å²) in [4.78, 5) is 24.7. The van der Waals surface area contributed by atoms with E-state index in [-0.39, 0.29) is 24.1 Å². The fraction of sp³-hybridized carbons (Fsp3) is 0.800. The van der Waals surface area contributed by atoms with Crippen molar-refractivity contribution in [3.8, 4) is 0 Å². The molecule has 5 heteroatoms. The Kier molecular flexibility index (Phi) is 2.79. The van der Waals surface area contributed by atoms with Gasteiger partial charge < -0.3 is 15.0 Å². The van der Waals surface area contributed by atoms with Gasteiger partial charge in [0.1, 0.15) is 0 Å². The molecule has 0 aromatic carbocycles. The van der Waals surface area contributed by atoms with E-state index in [9.17, 15) is 9.59 Å². The van der Waals surface area contributed by atoms with Gasteiger partial charge in [-0.2, -0.15) is 0 Å². The number of ether oxygens (including phenoxy) is 1. The molecule has 0 aliphatic carbocycles. The second kappa shape index (κ2) is 4.08. The van der Waals surface area contributed by atoms with Crippen LogP contribution in [0.4, 0.5) is 4.79 Å². The number of hydrogen-bond donors (Lipinski definition) is 1. The van der Waals surface area contributed by atoms with Crippen LogP contribution in [-0.4, -0.2) is 42.1 Å². The molecule has 0 unspecified atom stereocenters. The van der Waals surface area contributed by atoms with Crippen LogP contribution in [0.3, 0.4) is 0 Å². The van der Waals surface area contributed by atoms with Crippen LogP contribution in [0.5, 0.6) is 0 Å². The van der Waals surface area contributed by atoms with Crippen LogP contribution in [0.25, 0.3) is 0 Å². The monoisotopic (exact) mass is 212 g/mol. The lowest BCUT2D eigenvalue weighted by Gasteiger charge is -2.34. The third-order valence-electron chi connectivity index (χ3n) is 2.99. The molecule has 0 aromatic rings. The minimum absolute atomic E-state index is 0.0304. The summed E-state index contributed by atoms with van der Waals surface area (Å²) in [5, 5.41) is 2.91. The van der Waals surface area contributed by atoms with Crippen LogP contribution < -0.4 is 5.32 Å². The van der Waals surface area contributed by atoms with Crippen molar-refractivity contribution < 1.29 is 14.3 Å². The molecular weight excluding hydrogens is 196 g/mol. The molecule has 3 heterocycles. The fourth-order valence-electron chi connectivity index (χ4n) is 2.29. The highest BCUT2D eigenvalue weighted by Crippen LogP contribution is 2.24. The van der Waals surface area contributed by atoms with Crippen LogP contribution in [0.2, 0.25) is 0 Å². The third-order valence-corrected chi connectivity index (χ3v) is 2.99. The largest absolute Gasteiger partial charge is 0.450 e. The number of amides is 2. The molecule has 15 heavy (non-hydrogen) atoms. The summed E-state index contributed by atoms with van der Waals surface area (Å²) >= 11 is 0. The average molecular weight is 212 g/mol. The normalized spacial score (nSPS) is 29.7. The maximum atomic E-state index is 11.6. The lowest BCUT2D eigenvalue weighted by molar-refractivity contribution is -0.121. The van der Waals surface area contributed by atoms with E-state index in [2.05, 4.69) is 5.32 Å². The molecule has 0 spiro atoms. The zero-order chi connectivity index (χ0) is 10.8. The van der Waals surface area contributed by atoms with Crippen LogP contribution in [0.15, 0.2) is 0 Å². The Labute approximate surface area is 88.8 Å². The van der Waals surface area contributed by atoms with Crippen LogP contribution in [0.1, 0.15) is 26.2 Å². The minimum Gasteiger partial charge on any atom is -0.450 e. The van der Waals surface area contributed by atoms with E-state index in [1.54, 1.807) is 11.8 Å². The molecule has 84 valence electrons. The maximum absolute atomic E-state index is 11.6. The standard InChI is InChI=1S/C10H16N2O3/c1-2-15-10(14)12-6-7-3-4-8(12)5-9(13)11-7/h7-8H,2-6H2,1H3,(H,11,13)/t7-,8-/m1/s1. The molecule has 3 aliphatic heterocycles. The Balaban J connectivity index is 2.08. The van der Waals surface area contributed by atoms with Gasteiger partial charge in [-0.15, -0.1) is 0 Å². The fourth-order valence-corrected chi connectivity index (χ4v) is 2.29. The lowest BCUT2D eigenvalue weighted by Crippen LogP contribution is -2.49. The zero-order valence-electron chi connectivity index (χ0n) is 8.86. The Morgan fingerprint density at radius 2 is 2.40 bits per heavy atom. The Morgan fingerprint density at radius 3 is 3.13 bits per heavy atom. The summed E-state index contributed by atoms with van der Waals surface area (Å²) in [6.45, 7) is 2.76. The molecular formula is C10H16N2O3. The molecule has 2 bridgehead atoms.